The van der Waals surface area contributed by atoms with Crippen LogP contribution in [0.5, 0.6) is 11.5 Å². The molecule has 0 spiro atoms. The third-order valence-corrected chi connectivity index (χ3v) is 11.2. The minimum atomic E-state index is -0.670. The molecule has 6 rings (SSSR count). The average Bonchev–Trinajstić information content (AvgIpc) is 3.15. The van der Waals surface area contributed by atoms with E-state index in [4.69, 9.17) is 9.47 Å². The maximum absolute atomic E-state index is 11.9. The van der Waals surface area contributed by atoms with Gasteiger partial charge in [0, 0.05) is 47.3 Å². The van der Waals surface area contributed by atoms with E-state index in [-0.39, 0.29) is 37.7 Å². The Morgan fingerprint density at radius 2 is 0.746 bits per heavy atom. The van der Waals surface area contributed by atoms with E-state index in [0.717, 1.165) is 66.8 Å². The number of phenolic OH excluding ortho intramolecular Hbond substituents is 2. The van der Waals surface area contributed by atoms with Crippen molar-refractivity contribution in [2.24, 2.45) is 0 Å². The number of ether oxygens (including phenoxy) is 2. The van der Waals surface area contributed by atoms with Crippen molar-refractivity contribution in [2.75, 3.05) is 14.2 Å². The van der Waals surface area contributed by atoms with Gasteiger partial charge in [-0.05, 0) is 74.9 Å². The number of aromatic hydroxyl groups is 2. The molecule has 0 bridgehead atoms. The van der Waals surface area contributed by atoms with Gasteiger partial charge in [-0.25, -0.2) is 0 Å². The van der Waals surface area contributed by atoms with Gasteiger partial charge in [0.2, 0.25) is 0 Å². The minimum Gasteiger partial charge on any atom is -0.507 e. The standard InChI is InChI=1S/C40H50O4.2C7H7.Zr/c1-23-19-25(3)33(26(4)20-23)29-15-13-17-31(35(29)41)39(7,8)37(43-11)38(44-12)40(9,10)32-18-14-16-30(36(32)42)34-27(5)21-24(2)22-28(34)6;2*1-7-5-3-2-4-6-7;/h13-22,37-38,41-42H,1-12H3;2*2-6H,1H2;/q;2*-1;+2. The van der Waals surface area contributed by atoms with E-state index in [1.807, 2.05) is 97.1 Å². The Hall–Kier alpha value is -4.54. The van der Waals surface area contributed by atoms with Gasteiger partial charge in [-0.2, -0.15) is 49.2 Å². The van der Waals surface area contributed by atoms with Crippen LogP contribution in [0.25, 0.3) is 22.3 Å². The zero-order valence-electron chi connectivity index (χ0n) is 37.3. The van der Waals surface area contributed by atoms with Gasteiger partial charge < -0.3 is 19.7 Å². The van der Waals surface area contributed by atoms with E-state index in [0.29, 0.717) is 0 Å². The zero-order chi connectivity index (χ0) is 42.9. The van der Waals surface area contributed by atoms with Gasteiger partial charge in [-0.1, -0.05) is 112 Å². The summed E-state index contributed by atoms with van der Waals surface area (Å²) in [6, 6.07) is 40.3. The molecule has 6 aromatic rings. The van der Waals surface area contributed by atoms with Crippen molar-refractivity contribution in [3.63, 3.8) is 0 Å². The molecule has 0 fully saturated rings. The number of phenols is 2. The monoisotopic (exact) mass is 866 g/mol. The summed E-state index contributed by atoms with van der Waals surface area (Å²) in [4.78, 5) is 0. The number of methoxy groups -OCH3 is 2. The third-order valence-electron chi connectivity index (χ3n) is 11.2. The summed E-state index contributed by atoms with van der Waals surface area (Å²) in [6.07, 6.45) is -0.954. The molecule has 4 nitrogen and oxygen atoms in total. The normalized spacial score (nSPS) is 12.2. The Balaban J connectivity index is 0.000000519. The molecule has 59 heavy (non-hydrogen) atoms. The van der Waals surface area contributed by atoms with Gasteiger partial charge in [0.05, 0.1) is 12.2 Å². The van der Waals surface area contributed by atoms with E-state index < -0.39 is 23.0 Å². The molecule has 5 heteroatoms. The smallest absolute Gasteiger partial charge is 0.507 e. The van der Waals surface area contributed by atoms with Crippen molar-refractivity contribution < 1.29 is 45.9 Å². The van der Waals surface area contributed by atoms with E-state index >= 15 is 0 Å². The second-order valence-corrected chi connectivity index (χ2v) is 16.7. The maximum atomic E-state index is 11.9. The van der Waals surface area contributed by atoms with E-state index in [1.165, 1.54) is 11.1 Å². The Labute approximate surface area is 374 Å². The van der Waals surface area contributed by atoms with Crippen molar-refractivity contribution in [3.05, 3.63) is 191 Å². The Morgan fingerprint density at radius 3 is 0.983 bits per heavy atom. The molecule has 308 valence electrons. The first-order valence-corrected chi connectivity index (χ1v) is 20.0. The fourth-order valence-electron chi connectivity index (χ4n) is 8.60. The van der Waals surface area contributed by atoms with Crippen LogP contribution in [0.2, 0.25) is 0 Å². The van der Waals surface area contributed by atoms with E-state index in [1.54, 1.807) is 14.2 Å². The maximum Gasteiger partial charge on any atom is 2.00 e. The molecule has 2 N–H and O–H groups in total. The molecule has 0 amide bonds. The third kappa shape index (κ3) is 11.4. The first-order valence-electron chi connectivity index (χ1n) is 20.0. The van der Waals surface area contributed by atoms with Crippen molar-refractivity contribution in [2.45, 2.75) is 92.3 Å². The van der Waals surface area contributed by atoms with Gasteiger partial charge in [0.15, 0.2) is 0 Å². The first kappa shape index (κ1) is 48.8. The van der Waals surface area contributed by atoms with Crippen LogP contribution in [-0.2, 0) is 46.5 Å². The van der Waals surface area contributed by atoms with Crippen LogP contribution in [0.1, 0.15) is 83.3 Å². The van der Waals surface area contributed by atoms with Crippen molar-refractivity contribution in [1.29, 1.82) is 0 Å². The molecule has 0 aromatic heterocycles. The molecule has 0 aliphatic carbocycles. The molecule has 2 atom stereocenters. The second-order valence-electron chi connectivity index (χ2n) is 16.7. The molecule has 0 saturated carbocycles. The molecule has 0 aliphatic heterocycles. The van der Waals surface area contributed by atoms with Gasteiger partial charge >= 0.3 is 26.2 Å². The zero-order valence-corrected chi connectivity index (χ0v) is 39.8. The molecule has 2 unspecified atom stereocenters. The fourth-order valence-corrected chi connectivity index (χ4v) is 8.60. The number of rotatable bonds is 9. The SMILES string of the molecule is COC(C(OC)C(C)(C)c1cccc(-c2c(C)cc(C)cc2C)c1O)C(C)(C)c1cccc(-c2c(C)cc(C)cc2C)c1O.[CH2-]c1ccccc1.[CH2-]c1ccccc1.[Zr+2]. The average molecular weight is 868 g/mol. The topological polar surface area (TPSA) is 58.9 Å². The van der Waals surface area contributed by atoms with Gasteiger partial charge in [0.1, 0.15) is 11.5 Å². The van der Waals surface area contributed by atoms with Crippen molar-refractivity contribution in [1.82, 2.24) is 0 Å². The summed E-state index contributed by atoms with van der Waals surface area (Å²) in [7, 11) is 3.39. The Kier molecular flexibility index (Phi) is 17.5. The molecular weight excluding hydrogens is 804 g/mol. The van der Waals surface area contributed by atoms with Crippen LogP contribution in [0.15, 0.2) is 121 Å². The summed E-state index contributed by atoms with van der Waals surface area (Å²) < 4.78 is 12.6. The van der Waals surface area contributed by atoms with Crippen molar-refractivity contribution >= 4 is 0 Å². The molecule has 0 aliphatic rings. The first-order chi connectivity index (χ1) is 27.4. The number of para-hydroxylation sites is 2. The molecule has 0 radical (unpaired) electrons. The van der Waals surface area contributed by atoms with Crippen LogP contribution in [0, 0.1) is 55.4 Å². The fraction of sp³-hybridized carbons (Fsp3) is 0.296. The molecule has 0 heterocycles. The predicted octanol–water partition coefficient (Wildman–Crippen LogP) is 13.3. The molecule has 6 aromatic carbocycles. The van der Waals surface area contributed by atoms with Crippen LogP contribution >= 0.6 is 0 Å². The number of hydrogen-bond acceptors (Lipinski definition) is 4. The summed E-state index contributed by atoms with van der Waals surface area (Å²) in [6.45, 7) is 28.4. The predicted molar refractivity (Wildman–Crippen MR) is 245 cm³/mol. The van der Waals surface area contributed by atoms with Crippen LogP contribution in [0.4, 0.5) is 0 Å². The quantitative estimate of drug-likeness (QED) is 0.142. The second kappa shape index (κ2) is 21.1. The van der Waals surface area contributed by atoms with Crippen molar-refractivity contribution in [3.8, 4) is 33.8 Å². The summed E-state index contributed by atoms with van der Waals surface area (Å²) in [5.74, 6) is 0.495. The summed E-state index contributed by atoms with van der Waals surface area (Å²) >= 11 is 0. The largest absolute Gasteiger partial charge is 2.00 e. The van der Waals surface area contributed by atoms with Gasteiger partial charge in [-0.3, -0.25) is 0 Å². The van der Waals surface area contributed by atoms with Crippen LogP contribution < -0.4 is 0 Å². The molecule has 0 saturated heterocycles. The van der Waals surface area contributed by atoms with E-state index in [2.05, 4.69) is 107 Å². The van der Waals surface area contributed by atoms with Crippen LogP contribution in [0.3, 0.4) is 0 Å². The van der Waals surface area contributed by atoms with Crippen LogP contribution in [-0.4, -0.2) is 36.6 Å². The van der Waals surface area contributed by atoms with E-state index in [9.17, 15) is 10.2 Å². The number of hydrogen-bond donors (Lipinski definition) is 2. The summed E-state index contributed by atoms with van der Waals surface area (Å²) in [5, 5.41) is 23.7. The minimum absolute atomic E-state index is 0. The molecular formula is C54H64O4Zr. The Bertz CT molecular complexity index is 2070. The summed E-state index contributed by atoms with van der Waals surface area (Å²) in [5.41, 5.74) is 13.0. The number of aryl methyl sites for hydroxylation is 6. The van der Waals surface area contributed by atoms with Gasteiger partial charge in [0.25, 0.3) is 0 Å². The van der Waals surface area contributed by atoms with Gasteiger partial charge in [-0.15, -0.1) is 24.3 Å². The number of benzene rings is 6. The Morgan fingerprint density at radius 1 is 0.458 bits per heavy atom.